The molecular weight excluding hydrogens is 374 g/mol. The summed E-state index contributed by atoms with van der Waals surface area (Å²) < 4.78 is 12.0. The maximum absolute atomic E-state index is 13.0. The van der Waals surface area contributed by atoms with E-state index in [-0.39, 0.29) is 31.2 Å². The second kappa shape index (κ2) is 13.8. The molecule has 2 amide bonds. The number of unbranched alkanes of at least 4 members (excludes halogenated alkanes) is 1. The van der Waals surface area contributed by atoms with Crippen molar-refractivity contribution in [2.24, 2.45) is 7.05 Å². The predicted molar refractivity (Wildman–Crippen MR) is 110 cm³/mol. The molecule has 29 heavy (non-hydrogen) atoms. The normalized spacial score (nSPS) is 10.6. The number of esters is 1. The number of carbonyl (C=O) groups excluding carboxylic acids is 3. The number of hydrogen-bond donors (Lipinski definition) is 0. The number of aryl methyl sites for hydroxylation is 1. The zero-order chi connectivity index (χ0) is 21.6. The molecule has 0 fully saturated rings. The van der Waals surface area contributed by atoms with Crippen molar-refractivity contribution in [3.8, 4) is 0 Å². The largest absolute Gasteiger partial charge is 0.466 e. The van der Waals surface area contributed by atoms with Gasteiger partial charge in [0.15, 0.2) is 0 Å². The molecule has 1 aromatic heterocycles. The van der Waals surface area contributed by atoms with Crippen LogP contribution in [0.1, 0.15) is 45.2 Å². The molecule has 0 saturated carbocycles. The molecule has 0 atom stereocenters. The van der Waals surface area contributed by atoms with Crippen molar-refractivity contribution in [2.75, 3.05) is 40.0 Å². The Kier molecular flexibility index (Phi) is 11.7. The predicted octanol–water partition coefficient (Wildman–Crippen LogP) is 1.97. The van der Waals surface area contributed by atoms with E-state index in [1.54, 1.807) is 23.8 Å². The number of amides is 2. The van der Waals surface area contributed by atoms with Gasteiger partial charge in [-0.25, -0.2) is 0 Å². The van der Waals surface area contributed by atoms with Crippen LogP contribution in [0.4, 0.5) is 0 Å². The molecule has 1 aromatic rings. The molecular formula is C21H35N3O5. The van der Waals surface area contributed by atoms with Crippen LogP contribution in [0, 0.1) is 0 Å². The number of methoxy groups -OCH3 is 1. The lowest BCUT2D eigenvalue weighted by molar-refractivity contribution is -0.146. The molecule has 0 aliphatic heterocycles. The third-order valence-corrected chi connectivity index (χ3v) is 4.63. The fraction of sp³-hybridized carbons (Fsp3) is 0.667. The number of nitrogens with zero attached hydrogens (tertiary/aromatic N) is 3. The van der Waals surface area contributed by atoms with Crippen LogP contribution >= 0.6 is 0 Å². The summed E-state index contributed by atoms with van der Waals surface area (Å²) in [6, 6.07) is 3.90. The van der Waals surface area contributed by atoms with Gasteiger partial charge in [-0.1, -0.05) is 13.3 Å². The summed E-state index contributed by atoms with van der Waals surface area (Å²) in [5, 5.41) is 0. The first-order valence-electron chi connectivity index (χ1n) is 10.2. The summed E-state index contributed by atoms with van der Waals surface area (Å²) >= 11 is 0. The van der Waals surface area contributed by atoms with E-state index >= 15 is 0 Å². The number of carbonyl (C=O) groups is 3. The smallest absolute Gasteiger partial charge is 0.306 e. The summed E-state index contributed by atoms with van der Waals surface area (Å²) in [6.07, 6.45) is 3.72. The van der Waals surface area contributed by atoms with Crippen molar-refractivity contribution in [1.82, 2.24) is 14.4 Å². The number of rotatable bonds is 14. The Labute approximate surface area is 173 Å². The number of hydrogen-bond acceptors (Lipinski definition) is 5. The van der Waals surface area contributed by atoms with E-state index in [1.165, 1.54) is 0 Å². The average Bonchev–Trinajstić information content (AvgIpc) is 3.10. The minimum absolute atomic E-state index is 0.00417. The molecule has 0 bridgehead atoms. The van der Waals surface area contributed by atoms with Crippen LogP contribution in [-0.2, 0) is 37.4 Å². The summed E-state index contributed by atoms with van der Waals surface area (Å²) in [5.74, 6) is -0.734. The standard InChI is InChI=1S/C21H35N3O5/c1-5-7-13-23(19(25)10-11-21(27)29-6-2)17-20(26)24(14-15-28-4)16-18-9-8-12-22(18)3/h8-9,12H,5-7,10-11,13-17H2,1-4H3. The Morgan fingerprint density at radius 1 is 1.07 bits per heavy atom. The highest BCUT2D eigenvalue weighted by Gasteiger charge is 2.22. The molecule has 1 heterocycles. The number of ether oxygens (including phenoxy) is 2. The molecule has 164 valence electrons. The molecule has 0 aromatic carbocycles. The molecule has 1 rings (SSSR count). The highest BCUT2D eigenvalue weighted by Crippen LogP contribution is 2.08. The topological polar surface area (TPSA) is 81.1 Å². The van der Waals surface area contributed by atoms with E-state index in [1.807, 2.05) is 36.9 Å². The van der Waals surface area contributed by atoms with E-state index in [0.29, 0.717) is 32.8 Å². The fourth-order valence-corrected chi connectivity index (χ4v) is 2.85. The van der Waals surface area contributed by atoms with Gasteiger partial charge in [0.2, 0.25) is 11.8 Å². The molecule has 0 unspecified atom stereocenters. The van der Waals surface area contributed by atoms with Gasteiger partial charge in [-0.15, -0.1) is 0 Å². The lowest BCUT2D eigenvalue weighted by atomic mass is 10.2. The Balaban J connectivity index is 2.78. The van der Waals surface area contributed by atoms with Crippen molar-refractivity contribution in [3.63, 3.8) is 0 Å². The minimum atomic E-state index is -0.395. The minimum Gasteiger partial charge on any atom is -0.466 e. The summed E-state index contributed by atoms with van der Waals surface area (Å²) in [5.41, 5.74) is 1.00. The van der Waals surface area contributed by atoms with Gasteiger partial charge in [0.05, 0.1) is 32.7 Å². The van der Waals surface area contributed by atoms with Gasteiger partial charge in [0.25, 0.3) is 0 Å². The molecule has 0 spiro atoms. The lowest BCUT2D eigenvalue weighted by Gasteiger charge is -2.28. The van der Waals surface area contributed by atoms with E-state index in [2.05, 4.69) is 0 Å². The SMILES string of the molecule is CCCCN(CC(=O)N(CCOC)Cc1cccn1C)C(=O)CCC(=O)OCC. The average molecular weight is 410 g/mol. The van der Waals surface area contributed by atoms with E-state index < -0.39 is 5.97 Å². The molecule has 8 heteroatoms. The molecule has 0 radical (unpaired) electrons. The first kappa shape index (κ1) is 24.7. The summed E-state index contributed by atoms with van der Waals surface area (Å²) in [4.78, 5) is 40.4. The molecule has 8 nitrogen and oxygen atoms in total. The third-order valence-electron chi connectivity index (χ3n) is 4.63. The van der Waals surface area contributed by atoms with Gasteiger partial charge in [-0.2, -0.15) is 0 Å². The van der Waals surface area contributed by atoms with Crippen molar-refractivity contribution in [1.29, 1.82) is 0 Å². The van der Waals surface area contributed by atoms with Gasteiger partial charge in [0, 0.05) is 45.6 Å². The Morgan fingerprint density at radius 2 is 1.83 bits per heavy atom. The Morgan fingerprint density at radius 3 is 2.41 bits per heavy atom. The van der Waals surface area contributed by atoms with Crippen molar-refractivity contribution < 1.29 is 23.9 Å². The number of aromatic nitrogens is 1. The molecule has 0 aliphatic rings. The van der Waals surface area contributed by atoms with Crippen LogP contribution < -0.4 is 0 Å². The van der Waals surface area contributed by atoms with Crippen LogP contribution in [0.2, 0.25) is 0 Å². The first-order valence-corrected chi connectivity index (χ1v) is 10.2. The summed E-state index contributed by atoms with van der Waals surface area (Å²) in [6.45, 7) is 5.85. The van der Waals surface area contributed by atoms with Gasteiger partial charge in [0.1, 0.15) is 0 Å². The Hall–Kier alpha value is -2.35. The van der Waals surface area contributed by atoms with Crippen LogP contribution in [0.15, 0.2) is 18.3 Å². The van der Waals surface area contributed by atoms with Gasteiger partial charge >= 0.3 is 5.97 Å². The first-order chi connectivity index (χ1) is 13.9. The van der Waals surface area contributed by atoms with Gasteiger partial charge in [-0.3, -0.25) is 14.4 Å². The van der Waals surface area contributed by atoms with Gasteiger partial charge < -0.3 is 23.8 Å². The monoisotopic (exact) mass is 409 g/mol. The van der Waals surface area contributed by atoms with Crippen LogP contribution in [0.5, 0.6) is 0 Å². The second-order valence-corrected chi connectivity index (χ2v) is 6.89. The maximum atomic E-state index is 13.0. The molecule has 0 saturated heterocycles. The highest BCUT2D eigenvalue weighted by atomic mass is 16.5. The maximum Gasteiger partial charge on any atom is 0.306 e. The Bertz CT molecular complexity index is 644. The fourth-order valence-electron chi connectivity index (χ4n) is 2.85. The van der Waals surface area contributed by atoms with Crippen LogP contribution in [0.3, 0.4) is 0 Å². The molecule has 0 aliphatic carbocycles. The van der Waals surface area contributed by atoms with E-state index in [4.69, 9.17) is 9.47 Å². The highest BCUT2D eigenvalue weighted by molar-refractivity contribution is 5.86. The van der Waals surface area contributed by atoms with Gasteiger partial charge in [-0.05, 0) is 25.5 Å². The zero-order valence-electron chi connectivity index (χ0n) is 18.2. The van der Waals surface area contributed by atoms with Crippen LogP contribution in [0.25, 0.3) is 0 Å². The van der Waals surface area contributed by atoms with Crippen LogP contribution in [-0.4, -0.2) is 72.1 Å². The van der Waals surface area contributed by atoms with Crippen molar-refractivity contribution in [3.05, 3.63) is 24.0 Å². The van der Waals surface area contributed by atoms with Crippen molar-refractivity contribution in [2.45, 2.75) is 46.1 Å². The van der Waals surface area contributed by atoms with E-state index in [9.17, 15) is 14.4 Å². The summed E-state index contributed by atoms with van der Waals surface area (Å²) in [7, 11) is 3.53. The molecule has 0 N–H and O–H groups in total. The van der Waals surface area contributed by atoms with E-state index in [0.717, 1.165) is 18.5 Å². The lowest BCUT2D eigenvalue weighted by Crippen LogP contribution is -2.44. The second-order valence-electron chi connectivity index (χ2n) is 6.89. The third kappa shape index (κ3) is 9.13. The zero-order valence-corrected chi connectivity index (χ0v) is 18.2. The quantitative estimate of drug-likeness (QED) is 0.439. The van der Waals surface area contributed by atoms with Crippen molar-refractivity contribution >= 4 is 17.8 Å².